The van der Waals surface area contributed by atoms with Crippen molar-refractivity contribution in [2.45, 2.75) is 20.8 Å². The van der Waals surface area contributed by atoms with Gasteiger partial charge in [-0.05, 0) is 61.0 Å². The number of hydrogen-bond acceptors (Lipinski definition) is 4. The minimum Gasteiger partial charge on any atom is -0.493 e. The molecule has 2 N–H and O–H groups in total. The molecule has 0 unspecified atom stereocenters. The van der Waals surface area contributed by atoms with Crippen LogP contribution >= 0.6 is 12.2 Å². The van der Waals surface area contributed by atoms with E-state index in [0.29, 0.717) is 41.9 Å². The van der Waals surface area contributed by atoms with Gasteiger partial charge in [0, 0.05) is 5.56 Å². The number of hydrogen-bond donors (Lipinski definition) is 2. The number of thiocarbonyl (C=S) groups is 1. The second-order valence-corrected chi connectivity index (χ2v) is 7.29. The Hall–Kier alpha value is -2.86. The molecule has 0 saturated carbocycles. The molecule has 0 spiro atoms. The van der Waals surface area contributed by atoms with Gasteiger partial charge in [0.25, 0.3) is 5.91 Å². The van der Waals surface area contributed by atoms with Crippen LogP contribution in [-0.2, 0) is 0 Å². The molecule has 2 aromatic rings. The zero-order valence-electron chi connectivity index (χ0n) is 16.5. The first kappa shape index (κ1) is 21.4. The first-order chi connectivity index (χ1) is 13.3. The number of nitrogens with one attached hydrogen (secondary N) is 2. The second-order valence-electron chi connectivity index (χ2n) is 6.88. The Kier molecular flexibility index (Phi) is 8.02. The molecular weight excluding hydrogens is 372 g/mol. The lowest BCUT2D eigenvalue weighted by molar-refractivity contribution is 0.0977. The van der Waals surface area contributed by atoms with Crippen LogP contribution in [0.5, 0.6) is 11.5 Å². The minimum atomic E-state index is -0.312. The van der Waals surface area contributed by atoms with Gasteiger partial charge in [-0.1, -0.05) is 38.6 Å². The highest BCUT2D eigenvalue weighted by atomic mass is 32.1. The van der Waals surface area contributed by atoms with Crippen LogP contribution in [0.3, 0.4) is 0 Å². The van der Waals surface area contributed by atoms with Crippen LogP contribution in [0.1, 0.15) is 31.1 Å². The normalized spacial score (nSPS) is 10.3. The predicted molar refractivity (Wildman–Crippen MR) is 117 cm³/mol. The van der Waals surface area contributed by atoms with Gasteiger partial charge >= 0.3 is 0 Å². The molecule has 0 aliphatic heterocycles. The molecule has 0 bridgehead atoms. The van der Waals surface area contributed by atoms with Crippen molar-refractivity contribution < 1.29 is 14.3 Å². The monoisotopic (exact) mass is 398 g/mol. The molecule has 0 fully saturated rings. The second kappa shape index (κ2) is 10.5. The van der Waals surface area contributed by atoms with Gasteiger partial charge in [0.1, 0.15) is 18.1 Å². The molecule has 0 aliphatic carbocycles. The average molecular weight is 399 g/mol. The molecule has 0 aliphatic rings. The lowest BCUT2D eigenvalue weighted by atomic mass is 10.2. The summed E-state index contributed by atoms with van der Waals surface area (Å²) >= 11 is 5.28. The number of carbonyl (C=O) groups is 1. The maximum absolute atomic E-state index is 12.5. The lowest BCUT2D eigenvalue weighted by Crippen LogP contribution is -2.34. The van der Waals surface area contributed by atoms with E-state index < -0.39 is 0 Å². The van der Waals surface area contributed by atoms with Crippen LogP contribution in [0.2, 0.25) is 0 Å². The maximum atomic E-state index is 12.5. The van der Waals surface area contributed by atoms with Crippen LogP contribution in [0.25, 0.3) is 0 Å². The molecule has 28 heavy (non-hydrogen) atoms. The molecule has 5 nitrogen and oxygen atoms in total. The van der Waals surface area contributed by atoms with E-state index >= 15 is 0 Å². The summed E-state index contributed by atoms with van der Waals surface area (Å²) < 4.78 is 11.4. The molecule has 0 heterocycles. The van der Waals surface area contributed by atoms with Gasteiger partial charge in [-0.3, -0.25) is 10.1 Å². The zero-order valence-corrected chi connectivity index (χ0v) is 17.3. The van der Waals surface area contributed by atoms with Gasteiger partial charge in [-0.15, -0.1) is 0 Å². The van der Waals surface area contributed by atoms with Crippen LogP contribution in [0.15, 0.2) is 60.7 Å². The van der Waals surface area contributed by atoms with Crippen LogP contribution in [0, 0.1) is 5.92 Å². The largest absolute Gasteiger partial charge is 0.493 e. The Morgan fingerprint density at radius 2 is 1.89 bits per heavy atom. The van der Waals surface area contributed by atoms with E-state index in [1.54, 1.807) is 18.2 Å². The summed E-state index contributed by atoms with van der Waals surface area (Å²) in [5, 5.41) is 5.87. The summed E-state index contributed by atoms with van der Waals surface area (Å²) in [4.78, 5) is 12.5. The minimum absolute atomic E-state index is 0.185. The molecule has 6 heteroatoms. The van der Waals surface area contributed by atoms with Gasteiger partial charge in [0.2, 0.25) is 0 Å². The van der Waals surface area contributed by atoms with Crippen molar-refractivity contribution in [1.82, 2.24) is 5.32 Å². The quantitative estimate of drug-likeness (QED) is 0.494. The van der Waals surface area contributed by atoms with Crippen molar-refractivity contribution in [2.75, 3.05) is 18.5 Å². The average Bonchev–Trinajstić information content (AvgIpc) is 2.65. The summed E-state index contributed by atoms with van der Waals surface area (Å²) in [5.41, 5.74) is 2.05. The fraction of sp³-hybridized carbons (Fsp3) is 0.273. The molecule has 2 rings (SSSR count). The Morgan fingerprint density at radius 1 is 1.14 bits per heavy atom. The number of amides is 1. The number of rotatable bonds is 8. The fourth-order valence-electron chi connectivity index (χ4n) is 2.22. The number of anilines is 1. The van der Waals surface area contributed by atoms with E-state index in [-0.39, 0.29) is 11.0 Å². The Balaban J connectivity index is 1.99. The van der Waals surface area contributed by atoms with Crippen LogP contribution in [0.4, 0.5) is 5.69 Å². The molecular formula is C22H26N2O3S. The van der Waals surface area contributed by atoms with Crippen LogP contribution < -0.4 is 20.1 Å². The summed E-state index contributed by atoms with van der Waals surface area (Å²) in [7, 11) is 0. The van der Waals surface area contributed by atoms with E-state index in [9.17, 15) is 4.79 Å². The van der Waals surface area contributed by atoms with Gasteiger partial charge in [-0.2, -0.15) is 0 Å². The zero-order chi connectivity index (χ0) is 20.5. The smallest absolute Gasteiger partial charge is 0.257 e. The fourth-order valence-corrected chi connectivity index (χ4v) is 2.42. The number of benzene rings is 2. The van der Waals surface area contributed by atoms with Crippen molar-refractivity contribution in [3.8, 4) is 11.5 Å². The van der Waals surface area contributed by atoms with E-state index in [0.717, 1.165) is 5.57 Å². The van der Waals surface area contributed by atoms with E-state index in [1.165, 1.54) is 0 Å². The first-order valence-corrected chi connectivity index (χ1v) is 9.47. The SMILES string of the molecule is C=C(C)COc1ccccc1NC(=S)NC(=O)c1cccc(OCC(C)C)c1. The Morgan fingerprint density at radius 3 is 2.61 bits per heavy atom. The third kappa shape index (κ3) is 7.04. The lowest BCUT2D eigenvalue weighted by Gasteiger charge is -2.14. The highest BCUT2D eigenvalue weighted by molar-refractivity contribution is 7.80. The maximum Gasteiger partial charge on any atom is 0.257 e. The topological polar surface area (TPSA) is 59.6 Å². The summed E-state index contributed by atoms with van der Waals surface area (Å²) in [6.45, 7) is 10.8. The Bertz CT molecular complexity index is 849. The molecule has 148 valence electrons. The third-order valence-corrected chi connectivity index (χ3v) is 3.72. The molecule has 0 radical (unpaired) electrons. The molecule has 0 saturated heterocycles. The Labute approximate surface area is 171 Å². The van der Waals surface area contributed by atoms with E-state index in [1.807, 2.05) is 37.3 Å². The van der Waals surface area contributed by atoms with Gasteiger partial charge in [0.05, 0.1) is 12.3 Å². The first-order valence-electron chi connectivity index (χ1n) is 9.06. The molecule has 2 aromatic carbocycles. The summed E-state index contributed by atoms with van der Waals surface area (Å²) in [6, 6.07) is 14.4. The summed E-state index contributed by atoms with van der Waals surface area (Å²) in [5.74, 6) is 1.37. The molecule has 0 aromatic heterocycles. The van der Waals surface area contributed by atoms with Crippen molar-refractivity contribution >= 4 is 28.9 Å². The van der Waals surface area contributed by atoms with E-state index in [2.05, 4.69) is 31.1 Å². The van der Waals surface area contributed by atoms with Gasteiger partial charge in [0.15, 0.2) is 5.11 Å². The molecule has 0 atom stereocenters. The van der Waals surface area contributed by atoms with Crippen molar-refractivity contribution in [1.29, 1.82) is 0 Å². The predicted octanol–water partition coefficient (Wildman–Crippen LogP) is 4.80. The number of ether oxygens (including phenoxy) is 2. The van der Waals surface area contributed by atoms with Gasteiger partial charge in [-0.25, -0.2) is 0 Å². The number of para-hydroxylation sites is 2. The van der Waals surface area contributed by atoms with E-state index in [4.69, 9.17) is 21.7 Å². The third-order valence-electron chi connectivity index (χ3n) is 3.52. The van der Waals surface area contributed by atoms with Gasteiger partial charge < -0.3 is 14.8 Å². The van der Waals surface area contributed by atoms with Crippen molar-refractivity contribution in [2.24, 2.45) is 5.92 Å². The standard InChI is InChI=1S/C22H26N2O3S/c1-15(2)13-26-18-9-7-8-17(12-18)21(25)24-22(28)23-19-10-5-6-11-20(19)27-14-16(3)4/h5-12,15H,3,13-14H2,1-2,4H3,(H2,23,24,25,28). The van der Waals surface area contributed by atoms with Crippen molar-refractivity contribution in [3.63, 3.8) is 0 Å². The number of carbonyl (C=O) groups excluding carboxylic acids is 1. The van der Waals surface area contributed by atoms with Crippen LogP contribution in [-0.4, -0.2) is 24.2 Å². The highest BCUT2D eigenvalue weighted by Gasteiger charge is 2.11. The van der Waals surface area contributed by atoms with Crippen molar-refractivity contribution in [3.05, 3.63) is 66.2 Å². The highest BCUT2D eigenvalue weighted by Crippen LogP contribution is 2.24. The summed E-state index contributed by atoms with van der Waals surface area (Å²) in [6.07, 6.45) is 0. The molecule has 1 amide bonds.